The van der Waals surface area contributed by atoms with Crippen LogP contribution in [0.2, 0.25) is 0 Å². The third-order valence-electron chi connectivity index (χ3n) is 7.65. The molecule has 142 valence electrons. The van der Waals surface area contributed by atoms with E-state index in [-0.39, 0.29) is 6.03 Å². The Kier molecular flexibility index (Phi) is 2.96. The molecule has 5 aliphatic rings. The lowest BCUT2D eigenvalue weighted by Gasteiger charge is -2.75. The molecule has 3 aliphatic carbocycles. The summed E-state index contributed by atoms with van der Waals surface area (Å²) in [6.07, 6.45) is 6.32. The number of carbonyl (C=O) groups excluding carboxylic acids is 1. The quantitative estimate of drug-likeness (QED) is 0.865. The van der Waals surface area contributed by atoms with E-state index >= 15 is 0 Å². The Morgan fingerprint density at radius 2 is 2.00 bits per heavy atom. The fraction of sp³-hybridized carbons (Fsp3) is 0.684. The molecule has 5 fully saturated rings. The van der Waals surface area contributed by atoms with E-state index in [1.165, 1.54) is 25.0 Å². The van der Waals surface area contributed by atoms with E-state index in [9.17, 15) is 4.79 Å². The number of H-pyrrole nitrogens is 2. The highest BCUT2D eigenvalue weighted by molar-refractivity contribution is 5.76. The molecule has 2 bridgehead atoms. The lowest BCUT2D eigenvalue weighted by atomic mass is 9.30. The first-order chi connectivity index (χ1) is 13.1. The van der Waals surface area contributed by atoms with Gasteiger partial charge in [0.25, 0.3) is 0 Å². The molecular formula is C19H25N7O. The van der Waals surface area contributed by atoms with Crippen LogP contribution >= 0.6 is 0 Å². The molecule has 2 amide bonds. The molecule has 8 nitrogen and oxygen atoms in total. The third kappa shape index (κ3) is 2.09. The fourth-order valence-corrected chi connectivity index (χ4v) is 6.07. The van der Waals surface area contributed by atoms with Crippen molar-refractivity contribution in [2.24, 2.45) is 11.3 Å². The van der Waals surface area contributed by atoms with Gasteiger partial charge in [-0.1, -0.05) is 0 Å². The normalized spacial score (nSPS) is 34.9. The Bertz CT molecular complexity index is 862. The molecular weight excluding hydrogens is 342 g/mol. The average molecular weight is 367 g/mol. The molecule has 0 radical (unpaired) electrons. The smallest absolute Gasteiger partial charge is 0.320 e. The van der Waals surface area contributed by atoms with E-state index in [0.717, 1.165) is 44.1 Å². The number of nitrogens with zero attached hydrogens (tertiary/aromatic N) is 5. The van der Waals surface area contributed by atoms with Crippen molar-refractivity contribution in [3.05, 3.63) is 29.6 Å². The number of urea groups is 1. The number of hydrogen-bond acceptors (Lipinski definition) is 4. The molecule has 0 unspecified atom stereocenters. The number of carbonyl (C=O) groups is 1. The number of amides is 2. The van der Waals surface area contributed by atoms with Crippen molar-refractivity contribution in [1.29, 1.82) is 0 Å². The van der Waals surface area contributed by atoms with Crippen molar-refractivity contribution in [3.63, 3.8) is 0 Å². The summed E-state index contributed by atoms with van der Waals surface area (Å²) in [4.78, 5) is 21.1. The summed E-state index contributed by atoms with van der Waals surface area (Å²) in [7, 11) is 0. The minimum absolute atomic E-state index is 0.207. The number of nitrogens with one attached hydrogen (secondary N) is 2. The summed E-state index contributed by atoms with van der Waals surface area (Å²) < 4.78 is 0. The second-order valence-electron chi connectivity index (χ2n) is 9.28. The van der Waals surface area contributed by atoms with Crippen LogP contribution in [0.5, 0.6) is 0 Å². The van der Waals surface area contributed by atoms with Gasteiger partial charge in [-0.05, 0) is 50.0 Å². The first-order valence-corrected chi connectivity index (χ1v) is 9.99. The van der Waals surface area contributed by atoms with Crippen LogP contribution in [0.15, 0.2) is 12.4 Å². The highest BCUT2D eigenvalue weighted by atomic mass is 16.2. The monoisotopic (exact) mass is 367 g/mol. The SMILES string of the molecule is Cc1cc(C23CC(C4CN(C(=O)N5CC[C@H](c6ncn[nH]6)C5)C4)(C2)C3)[nH]n1. The Hall–Kier alpha value is -2.38. The van der Waals surface area contributed by atoms with Gasteiger partial charge in [-0.25, -0.2) is 9.78 Å². The standard InChI is InChI=1S/C19H25N7O/c1-12-4-15(23-22-12)19-8-18(9-19,10-19)14-6-26(7-14)17(27)25-3-2-13(5-25)16-20-11-21-24-16/h4,11,13-14H,2-3,5-10H2,1H3,(H,22,23)(H,20,21,24)/t13-,18?,19?/m0/s1. The van der Waals surface area contributed by atoms with Crippen molar-refractivity contribution >= 4 is 6.03 Å². The molecule has 2 aromatic heterocycles. The summed E-state index contributed by atoms with van der Waals surface area (Å²) in [6.45, 7) is 5.48. The Morgan fingerprint density at radius 3 is 2.67 bits per heavy atom. The number of aryl methyl sites for hydroxylation is 1. The summed E-state index contributed by atoms with van der Waals surface area (Å²) in [6, 6.07) is 2.41. The van der Waals surface area contributed by atoms with Crippen LogP contribution in [-0.2, 0) is 5.41 Å². The van der Waals surface area contributed by atoms with Gasteiger partial charge in [0.2, 0.25) is 0 Å². The van der Waals surface area contributed by atoms with Gasteiger partial charge in [0.1, 0.15) is 12.2 Å². The van der Waals surface area contributed by atoms with Crippen LogP contribution in [0, 0.1) is 18.3 Å². The predicted molar refractivity (Wildman–Crippen MR) is 97.1 cm³/mol. The zero-order chi connectivity index (χ0) is 18.2. The number of aromatic nitrogens is 5. The zero-order valence-electron chi connectivity index (χ0n) is 15.6. The van der Waals surface area contributed by atoms with E-state index in [2.05, 4.69) is 31.4 Å². The topological polar surface area (TPSA) is 93.8 Å². The van der Waals surface area contributed by atoms with E-state index in [4.69, 9.17) is 0 Å². The van der Waals surface area contributed by atoms with Crippen molar-refractivity contribution in [2.75, 3.05) is 26.2 Å². The first-order valence-electron chi connectivity index (χ1n) is 9.99. The predicted octanol–water partition coefficient (Wildman–Crippen LogP) is 1.80. The number of likely N-dealkylation sites (tertiary alicyclic amines) is 2. The van der Waals surface area contributed by atoms with E-state index < -0.39 is 0 Å². The maximum absolute atomic E-state index is 12.8. The third-order valence-corrected chi connectivity index (χ3v) is 7.65. The van der Waals surface area contributed by atoms with Crippen LogP contribution < -0.4 is 0 Å². The molecule has 4 heterocycles. The van der Waals surface area contributed by atoms with Gasteiger partial charge in [-0.2, -0.15) is 10.2 Å². The minimum Gasteiger partial charge on any atom is -0.324 e. The minimum atomic E-state index is 0.207. The van der Waals surface area contributed by atoms with Gasteiger partial charge < -0.3 is 9.80 Å². The van der Waals surface area contributed by atoms with Crippen LogP contribution in [0.1, 0.15) is 48.8 Å². The molecule has 3 saturated carbocycles. The molecule has 2 saturated heterocycles. The summed E-state index contributed by atoms with van der Waals surface area (Å²) in [5.74, 6) is 1.88. The lowest BCUT2D eigenvalue weighted by molar-refractivity contribution is -0.208. The van der Waals surface area contributed by atoms with Crippen LogP contribution in [0.4, 0.5) is 4.79 Å². The largest absolute Gasteiger partial charge is 0.324 e. The summed E-state index contributed by atoms with van der Waals surface area (Å²) >= 11 is 0. The molecule has 0 spiro atoms. The number of aromatic amines is 2. The van der Waals surface area contributed by atoms with Gasteiger partial charge >= 0.3 is 6.03 Å². The van der Waals surface area contributed by atoms with Crippen LogP contribution in [0.3, 0.4) is 0 Å². The van der Waals surface area contributed by atoms with Gasteiger partial charge in [0.15, 0.2) is 0 Å². The molecule has 27 heavy (non-hydrogen) atoms. The van der Waals surface area contributed by atoms with Gasteiger partial charge in [0.05, 0.1) is 5.69 Å². The molecule has 2 aliphatic heterocycles. The Balaban J connectivity index is 1.03. The molecule has 2 aromatic rings. The highest BCUT2D eigenvalue weighted by Gasteiger charge is 2.72. The number of hydrogen-bond donors (Lipinski definition) is 2. The van der Waals surface area contributed by atoms with Crippen molar-refractivity contribution < 1.29 is 4.79 Å². The van der Waals surface area contributed by atoms with Crippen LogP contribution in [0.25, 0.3) is 0 Å². The van der Waals surface area contributed by atoms with Crippen molar-refractivity contribution in [1.82, 2.24) is 35.2 Å². The van der Waals surface area contributed by atoms with Crippen LogP contribution in [-0.4, -0.2) is 67.4 Å². The molecule has 7 rings (SSSR count). The zero-order valence-corrected chi connectivity index (χ0v) is 15.6. The Labute approximate surface area is 157 Å². The van der Waals surface area contributed by atoms with Crippen molar-refractivity contribution in [3.8, 4) is 0 Å². The van der Waals surface area contributed by atoms with Gasteiger partial charge in [-0.3, -0.25) is 10.2 Å². The Morgan fingerprint density at radius 1 is 1.19 bits per heavy atom. The van der Waals surface area contributed by atoms with E-state index in [1.807, 2.05) is 16.7 Å². The second kappa shape index (κ2) is 5.11. The second-order valence-corrected chi connectivity index (χ2v) is 9.28. The fourth-order valence-electron chi connectivity index (χ4n) is 6.07. The van der Waals surface area contributed by atoms with Gasteiger partial charge in [-0.15, -0.1) is 0 Å². The average Bonchev–Trinajstić information content (AvgIpc) is 3.26. The first kappa shape index (κ1) is 15.7. The summed E-state index contributed by atoms with van der Waals surface area (Å²) in [5, 5.41) is 14.4. The maximum Gasteiger partial charge on any atom is 0.320 e. The molecule has 2 N–H and O–H groups in total. The highest BCUT2D eigenvalue weighted by Crippen LogP contribution is 2.77. The molecule has 0 aromatic carbocycles. The molecule has 8 heteroatoms. The van der Waals surface area contributed by atoms with E-state index in [1.54, 1.807) is 6.33 Å². The van der Waals surface area contributed by atoms with Gasteiger partial charge in [0, 0.05) is 43.2 Å². The molecule has 1 atom stereocenters. The summed E-state index contributed by atoms with van der Waals surface area (Å²) in [5.41, 5.74) is 3.26. The number of rotatable bonds is 3. The van der Waals surface area contributed by atoms with E-state index in [0.29, 0.717) is 22.7 Å². The lowest BCUT2D eigenvalue weighted by Crippen LogP contribution is -2.73. The van der Waals surface area contributed by atoms with Crippen molar-refractivity contribution in [2.45, 2.75) is 43.9 Å². The maximum atomic E-state index is 12.8.